The van der Waals surface area contributed by atoms with Gasteiger partial charge in [0, 0.05) is 19.0 Å². The summed E-state index contributed by atoms with van der Waals surface area (Å²) in [5, 5.41) is 21.1. The van der Waals surface area contributed by atoms with Crippen LogP contribution in [0.1, 0.15) is 45.6 Å². The molecule has 34 heavy (non-hydrogen) atoms. The third-order valence-corrected chi connectivity index (χ3v) is 7.35. The van der Waals surface area contributed by atoms with E-state index in [-0.39, 0.29) is 29.8 Å². The molecule has 0 radical (unpaired) electrons. The summed E-state index contributed by atoms with van der Waals surface area (Å²) in [6.07, 6.45) is -0.313. The van der Waals surface area contributed by atoms with Crippen LogP contribution in [0.4, 0.5) is 0 Å². The van der Waals surface area contributed by atoms with Crippen LogP contribution in [0.5, 0.6) is 0 Å². The summed E-state index contributed by atoms with van der Waals surface area (Å²) in [6.45, 7) is 7.42. The van der Waals surface area contributed by atoms with Crippen molar-refractivity contribution in [1.82, 2.24) is 14.9 Å². The maximum absolute atomic E-state index is 13.2. The van der Waals surface area contributed by atoms with E-state index in [0.717, 1.165) is 5.56 Å². The van der Waals surface area contributed by atoms with Gasteiger partial charge in [-0.1, -0.05) is 31.5 Å². The Bertz CT molecular complexity index is 969. The van der Waals surface area contributed by atoms with Gasteiger partial charge in [-0.25, -0.2) is 13.2 Å². The third kappa shape index (κ3) is 7.51. The van der Waals surface area contributed by atoms with Crippen LogP contribution in [-0.4, -0.2) is 72.6 Å². The number of sulfonamides is 1. The smallest absolute Gasteiger partial charge is 0.328 e. The van der Waals surface area contributed by atoms with Gasteiger partial charge in [-0.15, -0.1) is 0 Å². The van der Waals surface area contributed by atoms with Crippen LogP contribution in [0.15, 0.2) is 29.2 Å². The average molecular weight is 498 g/mol. The molecule has 1 saturated heterocycles. The molecule has 1 fully saturated rings. The van der Waals surface area contributed by atoms with Gasteiger partial charge in [-0.2, -0.15) is 4.72 Å². The van der Waals surface area contributed by atoms with Crippen molar-refractivity contribution < 1.29 is 33.0 Å². The number of benzene rings is 1. The van der Waals surface area contributed by atoms with Crippen LogP contribution in [0, 0.1) is 18.8 Å². The highest BCUT2D eigenvalue weighted by molar-refractivity contribution is 7.89. The molecule has 0 aliphatic carbocycles. The van der Waals surface area contributed by atoms with Gasteiger partial charge in [0.1, 0.15) is 6.04 Å². The Morgan fingerprint density at radius 2 is 1.65 bits per heavy atom. The van der Waals surface area contributed by atoms with Crippen LogP contribution in [0.3, 0.4) is 0 Å². The van der Waals surface area contributed by atoms with E-state index >= 15 is 0 Å². The summed E-state index contributed by atoms with van der Waals surface area (Å²) in [7, 11) is -3.90. The summed E-state index contributed by atoms with van der Waals surface area (Å²) in [5.74, 6) is -2.60. The number of aryl methyl sites for hydroxylation is 1. The molecular weight excluding hydrogens is 462 g/mol. The molecule has 1 heterocycles. The zero-order valence-electron chi connectivity index (χ0n) is 20.0. The van der Waals surface area contributed by atoms with Gasteiger partial charge in [0.05, 0.1) is 11.0 Å². The van der Waals surface area contributed by atoms with Crippen LogP contribution in [0.25, 0.3) is 0 Å². The minimum Gasteiger partial charge on any atom is -0.480 e. The van der Waals surface area contributed by atoms with Crippen molar-refractivity contribution in [2.24, 2.45) is 11.8 Å². The predicted molar refractivity (Wildman–Crippen MR) is 125 cm³/mol. The Labute approximate surface area is 200 Å². The number of rotatable bonds is 10. The van der Waals surface area contributed by atoms with E-state index in [2.05, 4.69) is 10.0 Å². The van der Waals surface area contributed by atoms with Crippen molar-refractivity contribution >= 4 is 27.8 Å². The minimum atomic E-state index is -3.90. The minimum absolute atomic E-state index is 0.0615. The first kappa shape index (κ1) is 27.7. The maximum Gasteiger partial charge on any atom is 0.328 e. The number of aliphatic hydroxyl groups is 1. The molecule has 0 unspecified atom stereocenters. The van der Waals surface area contributed by atoms with E-state index in [1.807, 2.05) is 20.8 Å². The first-order valence-corrected chi connectivity index (χ1v) is 12.9. The molecule has 2 amide bonds. The Morgan fingerprint density at radius 1 is 1.09 bits per heavy atom. The third-order valence-electron chi connectivity index (χ3n) is 5.86. The molecule has 190 valence electrons. The molecule has 10 nitrogen and oxygen atoms in total. The lowest BCUT2D eigenvalue weighted by Crippen LogP contribution is -2.53. The number of carbonyl (C=O) groups is 3. The van der Waals surface area contributed by atoms with Crippen molar-refractivity contribution in [3.05, 3.63) is 29.8 Å². The number of carboxylic acid groups (broad SMARTS) is 1. The molecule has 0 saturated carbocycles. The molecular formula is C23H35N3O7S. The largest absolute Gasteiger partial charge is 0.480 e. The number of nitrogens with one attached hydrogen (secondary N) is 2. The summed E-state index contributed by atoms with van der Waals surface area (Å²) in [6, 6.07) is 4.03. The topological polar surface area (TPSA) is 153 Å². The lowest BCUT2D eigenvalue weighted by Gasteiger charge is -2.34. The van der Waals surface area contributed by atoms with Crippen LogP contribution in [-0.2, 0) is 24.4 Å². The highest BCUT2D eigenvalue weighted by atomic mass is 32.2. The predicted octanol–water partition coefficient (Wildman–Crippen LogP) is 0.877. The van der Waals surface area contributed by atoms with E-state index in [9.17, 15) is 27.9 Å². The molecule has 0 spiro atoms. The number of carboxylic acids is 1. The summed E-state index contributed by atoms with van der Waals surface area (Å²) >= 11 is 0. The number of aliphatic hydroxyl groups excluding tert-OH is 1. The molecule has 1 aromatic rings. The molecule has 3 atom stereocenters. The van der Waals surface area contributed by atoms with Gasteiger partial charge in [0.2, 0.25) is 21.8 Å². The second-order valence-electron chi connectivity index (χ2n) is 9.28. The average Bonchev–Trinajstić information content (AvgIpc) is 2.75. The molecule has 11 heteroatoms. The molecule has 4 N–H and O–H groups in total. The van der Waals surface area contributed by atoms with Crippen molar-refractivity contribution in [2.75, 3.05) is 13.1 Å². The molecule has 0 bridgehead atoms. The number of amides is 2. The zero-order valence-corrected chi connectivity index (χ0v) is 20.8. The Balaban J connectivity index is 2.05. The second kappa shape index (κ2) is 11.8. The van der Waals surface area contributed by atoms with Gasteiger partial charge in [0.25, 0.3) is 0 Å². The number of aliphatic carboxylic acids is 1. The van der Waals surface area contributed by atoms with Gasteiger partial charge in [-0.05, 0) is 51.2 Å². The highest BCUT2D eigenvalue weighted by Crippen LogP contribution is 2.21. The number of hydrogen-bond donors (Lipinski definition) is 4. The lowest BCUT2D eigenvalue weighted by atomic mass is 9.94. The van der Waals surface area contributed by atoms with E-state index in [1.165, 1.54) is 24.0 Å². The molecule has 0 aromatic heterocycles. The standard InChI is InChI=1S/C23H35N3O7S/c1-14(2)13-19(25-34(32,33)18-7-5-15(3)6-8-18)22(29)26-11-9-17(10-12-26)21(28)24-20(16(4)27)23(30)31/h5-8,14,16-17,19-20,25,27H,9-13H2,1-4H3,(H,24,28)(H,30,31)/t16-,19+,20+/m1/s1. The van der Waals surface area contributed by atoms with Gasteiger partial charge >= 0.3 is 5.97 Å². The molecule has 1 aliphatic heterocycles. The van der Waals surface area contributed by atoms with E-state index in [0.29, 0.717) is 19.3 Å². The summed E-state index contributed by atoms with van der Waals surface area (Å²) < 4.78 is 28.3. The number of piperidine rings is 1. The fraction of sp³-hybridized carbons (Fsp3) is 0.609. The fourth-order valence-corrected chi connectivity index (χ4v) is 5.09. The van der Waals surface area contributed by atoms with Crippen LogP contribution in [0.2, 0.25) is 0 Å². The second-order valence-corrected chi connectivity index (χ2v) is 11.0. The fourth-order valence-electron chi connectivity index (χ4n) is 3.89. The first-order chi connectivity index (χ1) is 15.8. The van der Waals surface area contributed by atoms with Crippen molar-refractivity contribution in [3.8, 4) is 0 Å². The van der Waals surface area contributed by atoms with E-state index < -0.39 is 46.0 Å². The number of likely N-dealkylation sites (tertiary alicyclic amines) is 1. The van der Waals surface area contributed by atoms with Crippen molar-refractivity contribution in [3.63, 3.8) is 0 Å². The summed E-state index contributed by atoms with van der Waals surface area (Å²) in [4.78, 5) is 38.5. The number of hydrogen-bond acceptors (Lipinski definition) is 6. The monoisotopic (exact) mass is 497 g/mol. The van der Waals surface area contributed by atoms with Crippen LogP contribution < -0.4 is 10.0 Å². The Kier molecular flexibility index (Phi) is 9.60. The van der Waals surface area contributed by atoms with Crippen LogP contribution >= 0.6 is 0 Å². The van der Waals surface area contributed by atoms with E-state index in [1.54, 1.807) is 12.1 Å². The zero-order chi connectivity index (χ0) is 25.6. The summed E-state index contributed by atoms with van der Waals surface area (Å²) in [5.41, 5.74) is 0.920. The number of carbonyl (C=O) groups excluding carboxylic acids is 2. The van der Waals surface area contributed by atoms with Crippen molar-refractivity contribution in [2.45, 2.75) is 70.0 Å². The molecule has 2 rings (SSSR count). The SMILES string of the molecule is Cc1ccc(S(=O)(=O)N[C@@H](CC(C)C)C(=O)N2CCC(C(=O)N[C@H](C(=O)O)[C@@H](C)O)CC2)cc1. The van der Waals surface area contributed by atoms with Crippen molar-refractivity contribution in [1.29, 1.82) is 0 Å². The normalized spacial score (nSPS) is 17.8. The lowest BCUT2D eigenvalue weighted by molar-refractivity contribution is -0.146. The number of nitrogens with zero attached hydrogens (tertiary/aromatic N) is 1. The highest BCUT2D eigenvalue weighted by Gasteiger charge is 2.35. The maximum atomic E-state index is 13.2. The molecule has 1 aliphatic rings. The van der Waals surface area contributed by atoms with E-state index in [4.69, 9.17) is 5.11 Å². The quantitative estimate of drug-likeness (QED) is 0.374. The Hall–Kier alpha value is -2.50. The Morgan fingerprint density at radius 3 is 2.12 bits per heavy atom. The first-order valence-electron chi connectivity index (χ1n) is 11.4. The van der Waals surface area contributed by atoms with Gasteiger partial charge in [0.15, 0.2) is 6.04 Å². The van der Waals surface area contributed by atoms with Gasteiger partial charge in [-0.3, -0.25) is 9.59 Å². The van der Waals surface area contributed by atoms with Gasteiger partial charge < -0.3 is 20.4 Å². The molecule has 1 aromatic carbocycles.